The molecule has 2 atom stereocenters. The lowest BCUT2D eigenvalue weighted by Gasteiger charge is -2.31. The van der Waals surface area contributed by atoms with E-state index in [1.807, 2.05) is 18.2 Å². The van der Waals surface area contributed by atoms with Gasteiger partial charge in [0.05, 0.1) is 25.4 Å². The summed E-state index contributed by atoms with van der Waals surface area (Å²) < 4.78 is 5.48. The van der Waals surface area contributed by atoms with Crippen LogP contribution in [0.3, 0.4) is 0 Å². The quantitative estimate of drug-likeness (QED) is 0.726. The highest BCUT2D eigenvalue weighted by molar-refractivity contribution is 5.20. The average Bonchev–Trinajstić information content (AvgIpc) is 2.30. The van der Waals surface area contributed by atoms with Crippen molar-refractivity contribution in [2.45, 2.75) is 12.1 Å². The number of hydrogen-bond donors (Lipinski definition) is 2. The summed E-state index contributed by atoms with van der Waals surface area (Å²) in [7, 11) is 0. The molecule has 0 saturated carbocycles. The number of hydrogen-bond acceptors (Lipinski definition) is 3. The van der Waals surface area contributed by atoms with Crippen molar-refractivity contribution in [2.75, 3.05) is 19.8 Å². The van der Waals surface area contributed by atoms with E-state index in [-0.39, 0.29) is 18.8 Å². The van der Waals surface area contributed by atoms with E-state index < -0.39 is 0 Å². The third-order valence-corrected chi connectivity index (χ3v) is 2.51. The highest BCUT2D eigenvalue weighted by Crippen LogP contribution is 2.21. The summed E-state index contributed by atoms with van der Waals surface area (Å²) in [5, 5.41) is 12.5. The van der Waals surface area contributed by atoms with Crippen LogP contribution in [0, 0.1) is 0 Å². The van der Waals surface area contributed by atoms with Gasteiger partial charge in [-0.3, -0.25) is 0 Å². The van der Waals surface area contributed by atoms with Gasteiger partial charge in [-0.2, -0.15) is 0 Å². The molecular formula is C11H15NO2. The Morgan fingerprint density at radius 3 is 2.86 bits per heavy atom. The molecule has 0 amide bonds. The van der Waals surface area contributed by atoms with Crippen LogP contribution in [0.1, 0.15) is 11.6 Å². The normalized spacial score (nSPS) is 27.5. The molecule has 1 aliphatic rings. The predicted octanol–water partition coefficient (Wildman–Crippen LogP) is 0.708. The first kappa shape index (κ1) is 9.65. The zero-order chi connectivity index (χ0) is 9.80. The number of ether oxygens (including phenoxy) is 1. The summed E-state index contributed by atoms with van der Waals surface area (Å²) in [6.45, 7) is 1.58. The molecule has 14 heavy (non-hydrogen) atoms. The van der Waals surface area contributed by atoms with Crippen LogP contribution in [0.2, 0.25) is 0 Å². The fourth-order valence-corrected chi connectivity index (χ4v) is 1.80. The van der Waals surface area contributed by atoms with Crippen LogP contribution in [0.5, 0.6) is 0 Å². The van der Waals surface area contributed by atoms with E-state index in [2.05, 4.69) is 17.4 Å². The molecule has 2 rings (SSSR count). The van der Waals surface area contributed by atoms with Gasteiger partial charge < -0.3 is 15.2 Å². The molecule has 1 heterocycles. The Kier molecular flexibility index (Phi) is 3.14. The number of benzene rings is 1. The minimum absolute atomic E-state index is 0.0621. The Morgan fingerprint density at radius 1 is 1.36 bits per heavy atom. The Labute approximate surface area is 83.7 Å². The van der Waals surface area contributed by atoms with Crippen LogP contribution < -0.4 is 5.32 Å². The van der Waals surface area contributed by atoms with Gasteiger partial charge in [-0.1, -0.05) is 30.3 Å². The van der Waals surface area contributed by atoms with Crippen LogP contribution in [-0.2, 0) is 4.74 Å². The van der Waals surface area contributed by atoms with Crippen molar-refractivity contribution in [3.05, 3.63) is 35.9 Å². The van der Waals surface area contributed by atoms with Crippen LogP contribution in [-0.4, -0.2) is 31.0 Å². The zero-order valence-corrected chi connectivity index (χ0v) is 8.02. The van der Waals surface area contributed by atoms with Crippen molar-refractivity contribution in [2.24, 2.45) is 0 Å². The Bertz CT molecular complexity index is 276. The zero-order valence-electron chi connectivity index (χ0n) is 8.02. The largest absolute Gasteiger partial charge is 0.394 e. The number of nitrogens with one attached hydrogen (secondary N) is 1. The lowest BCUT2D eigenvalue weighted by molar-refractivity contribution is -0.0357. The fourth-order valence-electron chi connectivity index (χ4n) is 1.80. The van der Waals surface area contributed by atoms with E-state index in [9.17, 15) is 0 Å². The second-order valence-electron chi connectivity index (χ2n) is 3.43. The maximum atomic E-state index is 9.16. The smallest absolute Gasteiger partial charge is 0.1000 e. The molecule has 0 aromatic heterocycles. The van der Waals surface area contributed by atoms with Gasteiger partial charge in [-0.15, -0.1) is 0 Å². The number of morpholine rings is 1. The maximum absolute atomic E-state index is 9.16. The summed E-state index contributed by atoms with van der Waals surface area (Å²) in [4.78, 5) is 0. The minimum atomic E-state index is -0.119. The molecular weight excluding hydrogens is 178 g/mol. The van der Waals surface area contributed by atoms with Crippen molar-refractivity contribution >= 4 is 0 Å². The SMILES string of the molecule is OC[C@H]1OCCN[C@@H]1c1ccccc1. The van der Waals surface area contributed by atoms with Crippen LogP contribution in [0.25, 0.3) is 0 Å². The third-order valence-electron chi connectivity index (χ3n) is 2.51. The molecule has 0 spiro atoms. The molecule has 1 aromatic rings. The lowest BCUT2D eigenvalue weighted by atomic mass is 10.0. The number of rotatable bonds is 2. The molecule has 3 heteroatoms. The van der Waals surface area contributed by atoms with Crippen molar-refractivity contribution in [3.8, 4) is 0 Å². The van der Waals surface area contributed by atoms with Crippen LogP contribution in [0.15, 0.2) is 30.3 Å². The second kappa shape index (κ2) is 4.55. The maximum Gasteiger partial charge on any atom is 0.1000 e. The molecule has 0 unspecified atom stereocenters. The summed E-state index contributed by atoms with van der Waals surface area (Å²) in [6, 6.07) is 10.2. The molecule has 76 valence electrons. The minimum Gasteiger partial charge on any atom is -0.394 e. The molecule has 0 bridgehead atoms. The summed E-state index contributed by atoms with van der Waals surface area (Å²) >= 11 is 0. The van der Waals surface area contributed by atoms with Crippen LogP contribution >= 0.6 is 0 Å². The van der Waals surface area contributed by atoms with Gasteiger partial charge in [-0.05, 0) is 5.56 Å². The molecule has 2 N–H and O–H groups in total. The van der Waals surface area contributed by atoms with Crippen molar-refractivity contribution < 1.29 is 9.84 Å². The summed E-state index contributed by atoms with van der Waals surface area (Å²) in [5.74, 6) is 0. The first-order valence-corrected chi connectivity index (χ1v) is 4.92. The highest BCUT2D eigenvalue weighted by Gasteiger charge is 2.25. The molecule has 0 radical (unpaired) electrons. The van der Waals surface area contributed by atoms with Gasteiger partial charge in [0.25, 0.3) is 0 Å². The Morgan fingerprint density at radius 2 is 2.14 bits per heavy atom. The first-order chi connectivity index (χ1) is 6.92. The van der Waals surface area contributed by atoms with Crippen molar-refractivity contribution in [3.63, 3.8) is 0 Å². The van der Waals surface area contributed by atoms with E-state index in [1.165, 1.54) is 5.56 Å². The summed E-state index contributed by atoms with van der Waals surface area (Å²) in [6.07, 6.45) is -0.119. The van der Waals surface area contributed by atoms with Crippen molar-refractivity contribution in [1.29, 1.82) is 0 Å². The molecule has 1 aliphatic heterocycles. The lowest BCUT2D eigenvalue weighted by Crippen LogP contribution is -2.43. The van der Waals surface area contributed by atoms with Gasteiger partial charge in [-0.25, -0.2) is 0 Å². The molecule has 1 fully saturated rings. The molecule has 1 aromatic carbocycles. The van der Waals surface area contributed by atoms with E-state index in [4.69, 9.17) is 9.84 Å². The van der Waals surface area contributed by atoms with Gasteiger partial charge in [0, 0.05) is 6.54 Å². The fraction of sp³-hybridized carbons (Fsp3) is 0.455. The topological polar surface area (TPSA) is 41.5 Å². The molecule has 0 aliphatic carbocycles. The number of aliphatic hydroxyl groups is 1. The first-order valence-electron chi connectivity index (χ1n) is 4.92. The Balaban J connectivity index is 2.15. The second-order valence-corrected chi connectivity index (χ2v) is 3.43. The molecule has 3 nitrogen and oxygen atoms in total. The van der Waals surface area contributed by atoms with E-state index >= 15 is 0 Å². The average molecular weight is 193 g/mol. The van der Waals surface area contributed by atoms with Gasteiger partial charge in [0.1, 0.15) is 0 Å². The van der Waals surface area contributed by atoms with E-state index in [0.29, 0.717) is 6.61 Å². The van der Waals surface area contributed by atoms with Gasteiger partial charge >= 0.3 is 0 Å². The van der Waals surface area contributed by atoms with Crippen molar-refractivity contribution in [1.82, 2.24) is 5.32 Å². The number of aliphatic hydroxyl groups excluding tert-OH is 1. The van der Waals surface area contributed by atoms with Crippen LogP contribution in [0.4, 0.5) is 0 Å². The summed E-state index contributed by atoms with van der Waals surface area (Å²) in [5.41, 5.74) is 1.17. The van der Waals surface area contributed by atoms with Gasteiger partial charge in [0.15, 0.2) is 0 Å². The van der Waals surface area contributed by atoms with Gasteiger partial charge in [0.2, 0.25) is 0 Å². The molecule has 1 saturated heterocycles. The van der Waals surface area contributed by atoms with E-state index in [0.717, 1.165) is 6.54 Å². The third kappa shape index (κ3) is 1.95. The predicted molar refractivity (Wildman–Crippen MR) is 54.0 cm³/mol. The highest BCUT2D eigenvalue weighted by atomic mass is 16.5. The van der Waals surface area contributed by atoms with E-state index in [1.54, 1.807) is 0 Å². The monoisotopic (exact) mass is 193 g/mol. The Hall–Kier alpha value is -0.900. The standard InChI is InChI=1S/C11H15NO2/c13-8-10-11(12-6-7-14-10)9-4-2-1-3-5-9/h1-5,10-13H,6-8H2/t10-,11-/m1/s1.